The Bertz CT molecular complexity index is 525. The lowest BCUT2D eigenvalue weighted by Gasteiger charge is -2.12. The van der Waals surface area contributed by atoms with Gasteiger partial charge in [0, 0.05) is 17.5 Å². The molecule has 0 saturated carbocycles. The molecule has 19 heavy (non-hydrogen) atoms. The smallest absolute Gasteiger partial charge is 0.124 e. The molecule has 0 aliphatic carbocycles. The van der Waals surface area contributed by atoms with Gasteiger partial charge in [-0.15, -0.1) is 0 Å². The van der Waals surface area contributed by atoms with Crippen LogP contribution in [0.4, 0.5) is 0 Å². The second-order valence-corrected chi connectivity index (χ2v) is 4.92. The predicted molar refractivity (Wildman–Crippen MR) is 83.2 cm³/mol. The fourth-order valence-corrected chi connectivity index (χ4v) is 2.62. The summed E-state index contributed by atoms with van der Waals surface area (Å²) in [7, 11) is 0. The second kappa shape index (κ2) is 7.51. The van der Waals surface area contributed by atoms with Crippen LogP contribution in [0.2, 0.25) is 0 Å². The fraction of sp³-hybridized carbons (Fsp3) is 0.375. The van der Waals surface area contributed by atoms with Crippen molar-refractivity contribution in [2.45, 2.75) is 18.7 Å². The molecular weight excluding hydrogens is 304 g/mol. The van der Waals surface area contributed by atoms with Crippen LogP contribution in [0.25, 0.3) is 10.8 Å². The third-order valence-electron chi connectivity index (χ3n) is 2.96. The van der Waals surface area contributed by atoms with Crippen LogP contribution in [0.5, 0.6) is 5.75 Å². The van der Waals surface area contributed by atoms with E-state index in [4.69, 9.17) is 9.47 Å². The highest BCUT2D eigenvalue weighted by atomic mass is 79.9. The molecule has 2 nitrogen and oxygen atoms in total. The Morgan fingerprint density at radius 2 is 1.84 bits per heavy atom. The topological polar surface area (TPSA) is 18.5 Å². The summed E-state index contributed by atoms with van der Waals surface area (Å²) in [5.74, 6) is 0.940. The summed E-state index contributed by atoms with van der Waals surface area (Å²) in [4.78, 5) is 0. The van der Waals surface area contributed by atoms with Crippen LogP contribution in [-0.4, -0.2) is 19.8 Å². The zero-order chi connectivity index (χ0) is 13.5. The molecule has 0 atom stereocenters. The van der Waals surface area contributed by atoms with E-state index in [0.29, 0.717) is 13.2 Å². The maximum atomic E-state index is 5.83. The van der Waals surface area contributed by atoms with Gasteiger partial charge in [-0.3, -0.25) is 0 Å². The van der Waals surface area contributed by atoms with Gasteiger partial charge in [-0.1, -0.05) is 53.2 Å². The highest BCUT2D eigenvalue weighted by Crippen LogP contribution is 2.29. The first-order valence-corrected chi connectivity index (χ1v) is 7.76. The van der Waals surface area contributed by atoms with Gasteiger partial charge in [0.25, 0.3) is 0 Å². The molecule has 0 fully saturated rings. The van der Waals surface area contributed by atoms with Crippen molar-refractivity contribution in [2.24, 2.45) is 0 Å². The minimum absolute atomic E-state index is 0.596. The monoisotopic (exact) mass is 322 g/mol. The summed E-state index contributed by atoms with van der Waals surface area (Å²) in [6, 6.07) is 12.5. The van der Waals surface area contributed by atoms with Crippen molar-refractivity contribution in [3.05, 3.63) is 42.0 Å². The minimum atomic E-state index is 0.596. The van der Waals surface area contributed by atoms with E-state index in [1.165, 1.54) is 16.3 Å². The van der Waals surface area contributed by atoms with Crippen LogP contribution in [0.3, 0.4) is 0 Å². The first-order valence-electron chi connectivity index (χ1n) is 6.64. The van der Waals surface area contributed by atoms with Gasteiger partial charge < -0.3 is 9.47 Å². The van der Waals surface area contributed by atoms with Gasteiger partial charge in [-0.2, -0.15) is 0 Å². The lowest BCUT2D eigenvalue weighted by Crippen LogP contribution is -2.08. The molecule has 0 aliphatic heterocycles. The van der Waals surface area contributed by atoms with Crippen molar-refractivity contribution < 1.29 is 9.47 Å². The average molecular weight is 323 g/mol. The molecule has 0 unspecified atom stereocenters. The van der Waals surface area contributed by atoms with Gasteiger partial charge in [0.2, 0.25) is 0 Å². The van der Waals surface area contributed by atoms with Crippen LogP contribution < -0.4 is 4.74 Å². The zero-order valence-electron chi connectivity index (χ0n) is 11.2. The Morgan fingerprint density at radius 1 is 1.00 bits per heavy atom. The lowest BCUT2D eigenvalue weighted by atomic mass is 10.0. The summed E-state index contributed by atoms with van der Waals surface area (Å²) < 4.78 is 11.3. The maximum Gasteiger partial charge on any atom is 0.124 e. The van der Waals surface area contributed by atoms with Crippen LogP contribution in [-0.2, 0) is 10.1 Å². The van der Waals surface area contributed by atoms with Crippen molar-refractivity contribution in [1.82, 2.24) is 0 Å². The molecule has 0 spiro atoms. The van der Waals surface area contributed by atoms with Gasteiger partial charge in [0.05, 0.1) is 6.61 Å². The fourth-order valence-electron chi connectivity index (χ4n) is 2.05. The molecule has 2 aromatic carbocycles. The average Bonchev–Trinajstić information content (AvgIpc) is 2.46. The van der Waals surface area contributed by atoms with E-state index >= 15 is 0 Å². The number of hydrogen-bond donors (Lipinski definition) is 0. The van der Waals surface area contributed by atoms with E-state index in [1.807, 2.05) is 6.07 Å². The van der Waals surface area contributed by atoms with E-state index in [2.05, 4.69) is 53.2 Å². The van der Waals surface area contributed by atoms with E-state index < -0.39 is 0 Å². The first-order chi connectivity index (χ1) is 9.36. The van der Waals surface area contributed by atoms with E-state index in [1.54, 1.807) is 0 Å². The summed E-state index contributed by atoms with van der Waals surface area (Å²) in [6.45, 7) is 4.14. The molecule has 3 heteroatoms. The SMILES string of the molecule is CCCOCCOc1ccc2ccccc2c1CBr. The van der Waals surface area contributed by atoms with Gasteiger partial charge in [-0.05, 0) is 23.3 Å². The first kappa shape index (κ1) is 14.4. The van der Waals surface area contributed by atoms with Crippen LogP contribution in [0.15, 0.2) is 36.4 Å². The molecule has 0 bridgehead atoms. The zero-order valence-corrected chi connectivity index (χ0v) is 12.8. The summed E-state index contributed by atoms with van der Waals surface area (Å²) >= 11 is 3.55. The van der Waals surface area contributed by atoms with Crippen molar-refractivity contribution >= 4 is 26.7 Å². The molecule has 0 N–H and O–H groups in total. The molecule has 0 radical (unpaired) electrons. The lowest BCUT2D eigenvalue weighted by molar-refractivity contribution is 0.100. The number of benzene rings is 2. The van der Waals surface area contributed by atoms with E-state index in [9.17, 15) is 0 Å². The maximum absolute atomic E-state index is 5.83. The van der Waals surface area contributed by atoms with Gasteiger partial charge in [-0.25, -0.2) is 0 Å². The van der Waals surface area contributed by atoms with E-state index in [0.717, 1.165) is 24.1 Å². The number of rotatable bonds is 7. The molecule has 0 saturated heterocycles. The third-order valence-corrected chi connectivity index (χ3v) is 3.53. The molecular formula is C16H19BrO2. The Morgan fingerprint density at radius 3 is 2.63 bits per heavy atom. The van der Waals surface area contributed by atoms with Crippen molar-refractivity contribution in [1.29, 1.82) is 0 Å². The van der Waals surface area contributed by atoms with Gasteiger partial charge in [0.15, 0.2) is 0 Å². The number of fused-ring (bicyclic) bond motifs is 1. The highest BCUT2D eigenvalue weighted by Gasteiger charge is 2.07. The van der Waals surface area contributed by atoms with Crippen molar-refractivity contribution in [2.75, 3.05) is 19.8 Å². The largest absolute Gasteiger partial charge is 0.491 e. The molecule has 0 aromatic heterocycles. The number of alkyl halides is 1. The standard InChI is InChI=1S/C16H19BrO2/c1-2-9-18-10-11-19-16-8-7-13-5-3-4-6-14(13)15(16)12-17/h3-8H,2,9-12H2,1H3. The third kappa shape index (κ3) is 3.71. The minimum Gasteiger partial charge on any atom is -0.491 e. The summed E-state index contributed by atoms with van der Waals surface area (Å²) in [5.41, 5.74) is 1.20. The highest BCUT2D eigenvalue weighted by molar-refractivity contribution is 9.08. The van der Waals surface area contributed by atoms with Gasteiger partial charge >= 0.3 is 0 Å². The molecule has 0 aliphatic rings. The Kier molecular flexibility index (Phi) is 5.67. The Balaban J connectivity index is 2.10. The molecule has 2 aromatic rings. The number of ether oxygens (including phenoxy) is 2. The number of hydrogen-bond acceptors (Lipinski definition) is 2. The second-order valence-electron chi connectivity index (χ2n) is 4.36. The Hall–Kier alpha value is -1.06. The van der Waals surface area contributed by atoms with Crippen LogP contribution in [0, 0.1) is 0 Å². The van der Waals surface area contributed by atoms with Crippen LogP contribution in [0.1, 0.15) is 18.9 Å². The van der Waals surface area contributed by atoms with Crippen LogP contribution >= 0.6 is 15.9 Å². The molecule has 2 rings (SSSR count). The van der Waals surface area contributed by atoms with Crippen molar-refractivity contribution in [3.8, 4) is 5.75 Å². The molecule has 0 amide bonds. The van der Waals surface area contributed by atoms with E-state index in [-0.39, 0.29) is 0 Å². The molecule has 102 valence electrons. The quantitative estimate of drug-likeness (QED) is 0.550. The summed E-state index contributed by atoms with van der Waals surface area (Å²) in [6.07, 6.45) is 1.04. The predicted octanol–water partition coefficient (Wildman–Crippen LogP) is 4.54. The number of halogens is 1. The van der Waals surface area contributed by atoms with Crippen molar-refractivity contribution in [3.63, 3.8) is 0 Å². The summed E-state index contributed by atoms with van der Waals surface area (Å²) in [5, 5.41) is 3.28. The Labute approximate surface area is 122 Å². The van der Waals surface area contributed by atoms with Gasteiger partial charge in [0.1, 0.15) is 12.4 Å². The normalized spacial score (nSPS) is 10.8. The molecule has 0 heterocycles.